The van der Waals surface area contributed by atoms with Gasteiger partial charge in [-0.25, -0.2) is 14.1 Å². The Kier molecular flexibility index (Phi) is 3.58. The molecule has 7 heteroatoms. The largest absolute Gasteiger partial charge is 0.360 e. The second-order valence-corrected chi connectivity index (χ2v) is 6.84. The van der Waals surface area contributed by atoms with Crippen LogP contribution in [0.4, 0.5) is 4.39 Å². The predicted octanol–water partition coefficient (Wildman–Crippen LogP) is 3.88. The highest BCUT2D eigenvalue weighted by Crippen LogP contribution is 2.35. The normalized spacial score (nSPS) is 15.4. The Labute approximate surface area is 136 Å². The van der Waals surface area contributed by atoms with Crippen LogP contribution in [0.3, 0.4) is 0 Å². The third kappa shape index (κ3) is 2.30. The van der Waals surface area contributed by atoms with Crippen LogP contribution in [0.15, 0.2) is 24.4 Å². The quantitative estimate of drug-likeness (QED) is 0.786. The molecule has 0 spiro atoms. The first-order valence-electron chi connectivity index (χ1n) is 7.11. The minimum atomic E-state index is -0.455. The number of benzene rings is 1. The van der Waals surface area contributed by atoms with Crippen LogP contribution in [0.25, 0.3) is 22.3 Å². The fourth-order valence-electron chi connectivity index (χ4n) is 2.64. The van der Waals surface area contributed by atoms with Crippen molar-refractivity contribution < 1.29 is 4.39 Å². The molecule has 1 aliphatic heterocycles. The number of H-pyrrole nitrogens is 1. The summed E-state index contributed by atoms with van der Waals surface area (Å²) in [5.41, 5.74) is 1.88. The van der Waals surface area contributed by atoms with Crippen molar-refractivity contribution in [2.24, 2.45) is 0 Å². The smallest absolute Gasteiger partial charge is 0.160 e. The molecule has 3 aromatic rings. The zero-order chi connectivity index (χ0) is 15.1. The molecule has 4 nitrogen and oxygen atoms in total. The number of hydrogen-bond acceptors (Lipinski definition) is 3. The summed E-state index contributed by atoms with van der Waals surface area (Å²) in [5.74, 6) is 4.03. The van der Waals surface area contributed by atoms with Crippen molar-refractivity contribution in [3.63, 3.8) is 0 Å². The lowest BCUT2D eigenvalue weighted by Gasteiger charge is -2.21. The van der Waals surface area contributed by atoms with Gasteiger partial charge in [0.15, 0.2) is 11.6 Å². The van der Waals surface area contributed by atoms with Crippen molar-refractivity contribution >= 4 is 34.3 Å². The minimum absolute atomic E-state index is 0.225. The molecule has 3 heterocycles. The zero-order valence-corrected chi connectivity index (χ0v) is 13.3. The van der Waals surface area contributed by atoms with E-state index in [-0.39, 0.29) is 6.54 Å². The van der Waals surface area contributed by atoms with E-state index in [2.05, 4.69) is 15.1 Å². The van der Waals surface area contributed by atoms with Gasteiger partial charge in [-0.15, -0.1) is 0 Å². The van der Waals surface area contributed by atoms with Gasteiger partial charge >= 0.3 is 0 Å². The van der Waals surface area contributed by atoms with Gasteiger partial charge in [0.1, 0.15) is 6.67 Å². The first-order valence-corrected chi connectivity index (χ1v) is 8.65. The zero-order valence-electron chi connectivity index (χ0n) is 11.7. The van der Waals surface area contributed by atoms with Gasteiger partial charge in [0, 0.05) is 45.1 Å². The van der Waals surface area contributed by atoms with E-state index in [1.165, 1.54) is 0 Å². The maximum atomic E-state index is 12.9. The molecule has 1 aromatic carbocycles. The van der Waals surface area contributed by atoms with Crippen LogP contribution >= 0.6 is 23.4 Å². The third-order valence-electron chi connectivity index (χ3n) is 3.87. The number of nitrogens with zero attached hydrogens (tertiary/aromatic N) is 3. The van der Waals surface area contributed by atoms with Crippen LogP contribution in [0.2, 0.25) is 5.02 Å². The summed E-state index contributed by atoms with van der Waals surface area (Å²) in [6.07, 6.45) is 1.89. The summed E-state index contributed by atoms with van der Waals surface area (Å²) in [4.78, 5) is 7.88. The van der Waals surface area contributed by atoms with E-state index in [1.54, 1.807) is 4.68 Å². The van der Waals surface area contributed by atoms with Crippen molar-refractivity contribution in [3.8, 4) is 11.4 Å². The van der Waals surface area contributed by atoms with Gasteiger partial charge < -0.3 is 4.98 Å². The second kappa shape index (κ2) is 5.59. The minimum Gasteiger partial charge on any atom is -0.360 e. The molecule has 0 saturated carbocycles. The Bertz CT molecular complexity index is 824. The van der Waals surface area contributed by atoms with E-state index in [0.29, 0.717) is 10.9 Å². The molecule has 0 radical (unpaired) electrons. The Morgan fingerprint density at radius 2 is 2.27 bits per heavy atom. The van der Waals surface area contributed by atoms with Crippen LogP contribution in [0, 0.1) is 0 Å². The number of hydrogen-bond donors (Lipinski definition) is 1. The average Bonchev–Trinajstić information content (AvgIpc) is 3.01. The summed E-state index contributed by atoms with van der Waals surface area (Å²) >= 11 is 7.91. The Morgan fingerprint density at radius 3 is 3.00 bits per heavy atom. The molecule has 22 heavy (non-hydrogen) atoms. The van der Waals surface area contributed by atoms with Gasteiger partial charge in [0.25, 0.3) is 0 Å². The molecule has 1 fully saturated rings. The van der Waals surface area contributed by atoms with Gasteiger partial charge in [0.2, 0.25) is 0 Å². The number of halogens is 2. The molecule has 1 N–H and O–H groups in total. The highest BCUT2D eigenvalue weighted by molar-refractivity contribution is 8.00. The van der Waals surface area contributed by atoms with Gasteiger partial charge in [0.05, 0.1) is 6.54 Å². The van der Waals surface area contributed by atoms with Crippen LogP contribution in [-0.4, -0.2) is 37.9 Å². The van der Waals surface area contributed by atoms with Crippen LogP contribution in [0.5, 0.6) is 0 Å². The molecule has 1 saturated heterocycles. The van der Waals surface area contributed by atoms with Crippen molar-refractivity contribution in [2.75, 3.05) is 18.2 Å². The van der Waals surface area contributed by atoms with E-state index < -0.39 is 6.67 Å². The van der Waals surface area contributed by atoms with E-state index in [4.69, 9.17) is 11.6 Å². The van der Waals surface area contributed by atoms with E-state index >= 15 is 0 Å². The van der Waals surface area contributed by atoms with Crippen molar-refractivity contribution in [1.82, 2.24) is 19.7 Å². The first kappa shape index (κ1) is 14.1. The molecule has 4 rings (SSSR count). The third-order valence-corrected chi connectivity index (χ3v) is 5.38. The molecule has 2 aromatic heterocycles. The predicted molar refractivity (Wildman–Crippen MR) is 88.4 cm³/mol. The number of aryl methyl sites for hydroxylation is 1. The second-order valence-electron chi connectivity index (χ2n) is 5.33. The molecular formula is C15H14ClFN4S. The number of fused-ring (bicyclic) bond motifs is 1. The fraction of sp³-hybridized carbons (Fsp3) is 0.333. The Morgan fingerprint density at radius 1 is 1.41 bits per heavy atom. The lowest BCUT2D eigenvalue weighted by Crippen LogP contribution is -2.17. The summed E-state index contributed by atoms with van der Waals surface area (Å²) in [6, 6.07) is 5.68. The van der Waals surface area contributed by atoms with Gasteiger partial charge in [-0.3, -0.25) is 0 Å². The fourth-order valence-corrected chi connectivity index (χ4v) is 3.58. The van der Waals surface area contributed by atoms with Crippen LogP contribution < -0.4 is 0 Å². The number of alkyl halides is 1. The number of aromatic amines is 1. The highest BCUT2D eigenvalue weighted by atomic mass is 35.5. The molecule has 0 unspecified atom stereocenters. The summed E-state index contributed by atoms with van der Waals surface area (Å²) in [6.45, 7) is -0.230. The van der Waals surface area contributed by atoms with E-state index in [9.17, 15) is 4.39 Å². The summed E-state index contributed by atoms with van der Waals surface area (Å²) in [5, 5.41) is 6.21. The SMILES string of the molecule is FCCn1nc(C2CSC2)nc1-c1c[nH]c2cc(Cl)ccc12. The van der Waals surface area contributed by atoms with Gasteiger partial charge in [-0.1, -0.05) is 17.7 Å². The topological polar surface area (TPSA) is 46.5 Å². The number of nitrogens with one attached hydrogen (secondary N) is 1. The molecule has 114 valence electrons. The monoisotopic (exact) mass is 336 g/mol. The molecule has 0 amide bonds. The summed E-state index contributed by atoms with van der Waals surface area (Å²) < 4.78 is 14.5. The molecular weight excluding hydrogens is 323 g/mol. The van der Waals surface area contributed by atoms with Gasteiger partial charge in [-0.2, -0.15) is 16.9 Å². The lowest BCUT2D eigenvalue weighted by molar-refractivity contribution is 0.427. The Hall–Kier alpha value is -1.53. The molecule has 0 bridgehead atoms. The summed E-state index contributed by atoms with van der Waals surface area (Å²) in [7, 11) is 0. The highest BCUT2D eigenvalue weighted by Gasteiger charge is 2.26. The van der Waals surface area contributed by atoms with Crippen molar-refractivity contribution in [1.29, 1.82) is 0 Å². The maximum Gasteiger partial charge on any atom is 0.160 e. The molecule has 0 aliphatic carbocycles. The maximum absolute atomic E-state index is 12.9. The average molecular weight is 337 g/mol. The van der Waals surface area contributed by atoms with Crippen LogP contribution in [-0.2, 0) is 6.54 Å². The number of aromatic nitrogens is 4. The Balaban J connectivity index is 1.83. The molecule has 0 atom stereocenters. The first-order chi connectivity index (χ1) is 10.8. The number of rotatable bonds is 4. The number of thioether (sulfide) groups is 1. The molecule has 1 aliphatic rings. The van der Waals surface area contributed by atoms with Crippen molar-refractivity contribution in [2.45, 2.75) is 12.5 Å². The van der Waals surface area contributed by atoms with Crippen LogP contribution in [0.1, 0.15) is 11.7 Å². The van der Waals surface area contributed by atoms with Gasteiger partial charge in [-0.05, 0) is 12.1 Å². The lowest BCUT2D eigenvalue weighted by atomic mass is 10.1. The van der Waals surface area contributed by atoms with E-state index in [0.717, 1.165) is 39.6 Å². The van der Waals surface area contributed by atoms with E-state index in [1.807, 2.05) is 36.2 Å². The standard InChI is InChI=1S/C15H14ClFN4S/c16-10-1-2-11-12(6-18-13(11)5-10)15-19-14(9-7-22-8-9)20-21(15)4-3-17/h1-2,5-6,9,18H,3-4,7-8H2. The van der Waals surface area contributed by atoms with Crippen molar-refractivity contribution in [3.05, 3.63) is 35.2 Å².